The highest BCUT2D eigenvalue weighted by Gasteiger charge is 2.45. The van der Waals surface area contributed by atoms with Crippen molar-refractivity contribution in [3.05, 3.63) is 100 Å². The monoisotopic (exact) mass is 508 g/mol. The van der Waals surface area contributed by atoms with Gasteiger partial charge in [-0.25, -0.2) is 14.1 Å². The molecule has 1 unspecified atom stereocenters. The van der Waals surface area contributed by atoms with Gasteiger partial charge in [0, 0.05) is 11.6 Å². The molecule has 1 heterocycles. The number of nitrogens with zero attached hydrogens (tertiary/aromatic N) is 2. The van der Waals surface area contributed by atoms with Crippen LogP contribution in [0.25, 0.3) is 0 Å². The summed E-state index contributed by atoms with van der Waals surface area (Å²) >= 11 is 6.30. The van der Waals surface area contributed by atoms with Gasteiger partial charge in [0.1, 0.15) is 11.9 Å². The Bertz CT molecular complexity index is 1330. The van der Waals surface area contributed by atoms with Crippen molar-refractivity contribution in [2.75, 3.05) is 11.5 Å². The van der Waals surface area contributed by atoms with E-state index in [-0.39, 0.29) is 36.4 Å². The second kappa shape index (κ2) is 10.7. The minimum Gasteiger partial charge on any atom is -0.462 e. The molecule has 9 heteroatoms. The quantitative estimate of drug-likeness (QED) is 0.343. The smallest absolute Gasteiger partial charge is 0.338 e. The molecule has 1 aliphatic rings. The van der Waals surface area contributed by atoms with E-state index < -0.39 is 35.5 Å². The molecule has 0 bridgehead atoms. The molecule has 1 atom stereocenters. The number of halogens is 2. The Hall–Kier alpha value is -4.04. The SMILES string of the molecule is CCOC(=O)c1ccc(N2C(=O)CC(N(Cc3ccccc3Cl)C(=O)c3ccccc3F)C2=O)cc1. The summed E-state index contributed by atoms with van der Waals surface area (Å²) in [5.74, 6) is -3.17. The molecule has 0 spiro atoms. The first-order valence-electron chi connectivity index (χ1n) is 11.2. The van der Waals surface area contributed by atoms with E-state index in [9.17, 15) is 23.6 Å². The predicted molar refractivity (Wildman–Crippen MR) is 131 cm³/mol. The maximum atomic E-state index is 14.5. The highest BCUT2D eigenvalue weighted by Crippen LogP contribution is 2.29. The summed E-state index contributed by atoms with van der Waals surface area (Å²) in [7, 11) is 0. The van der Waals surface area contributed by atoms with Crippen LogP contribution in [0.15, 0.2) is 72.8 Å². The van der Waals surface area contributed by atoms with Crippen molar-refractivity contribution >= 4 is 41.0 Å². The summed E-state index contributed by atoms with van der Waals surface area (Å²) in [6.07, 6.45) is -0.289. The second-order valence-electron chi connectivity index (χ2n) is 8.06. The fourth-order valence-corrected chi connectivity index (χ4v) is 4.21. The molecule has 3 amide bonds. The molecule has 0 N–H and O–H groups in total. The average molecular weight is 509 g/mol. The zero-order valence-electron chi connectivity index (χ0n) is 19.3. The number of rotatable bonds is 7. The van der Waals surface area contributed by atoms with Crippen LogP contribution in [0.1, 0.15) is 39.6 Å². The number of hydrogen-bond acceptors (Lipinski definition) is 5. The van der Waals surface area contributed by atoms with Crippen LogP contribution in [0, 0.1) is 5.82 Å². The normalized spacial score (nSPS) is 15.2. The fraction of sp³-hybridized carbons (Fsp3) is 0.185. The molecular formula is C27H22ClFN2O5. The molecule has 7 nitrogen and oxygen atoms in total. The number of amides is 3. The van der Waals surface area contributed by atoms with Gasteiger partial charge in [-0.05, 0) is 55.0 Å². The third-order valence-corrected chi connectivity index (χ3v) is 6.17. The molecule has 1 aliphatic heterocycles. The summed E-state index contributed by atoms with van der Waals surface area (Å²) in [5.41, 5.74) is 0.839. The van der Waals surface area contributed by atoms with Crippen LogP contribution >= 0.6 is 11.6 Å². The van der Waals surface area contributed by atoms with E-state index in [1.807, 2.05) is 0 Å². The number of ether oxygens (including phenoxy) is 1. The molecule has 0 aromatic heterocycles. The molecule has 0 radical (unpaired) electrons. The lowest BCUT2D eigenvalue weighted by molar-refractivity contribution is -0.122. The Kier molecular flexibility index (Phi) is 7.45. The molecule has 3 aromatic rings. The first kappa shape index (κ1) is 25.1. The van der Waals surface area contributed by atoms with Crippen LogP contribution in [0.3, 0.4) is 0 Å². The van der Waals surface area contributed by atoms with Gasteiger partial charge in [-0.1, -0.05) is 41.9 Å². The van der Waals surface area contributed by atoms with E-state index in [0.29, 0.717) is 10.6 Å². The van der Waals surface area contributed by atoms with Crippen molar-refractivity contribution in [3.8, 4) is 0 Å². The van der Waals surface area contributed by atoms with Crippen LogP contribution in [0.2, 0.25) is 5.02 Å². The Labute approximate surface area is 212 Å². The van der Waals surface area contributed by atoms with Crippen LogP contribution in [0.5, 0.6) is 0 Å². The van der Waals surface area contributed by atoms with Crippen molar-refractivity contribution in [2.45, 2.75) is 25.9 Å². The highest BCUT2D eigenvalue weighted by molar-refractivity contribution is 6.31. The zero-order valence-corrected chi connectivity index (χ0v) is 20.1. The maximum absolute atomic E-state index is 14.5. The number of esters is 1. The van der Waals surface area contributed by atoms with Gasteiger partial charge >= 0.3 is 5.97 Å². The topological polar surface area (TPSA) is 84.0 Å². The number of carbonyl (C=O) groups excluding carboxylic acids is 4. The Balaban J connectivity index is 1.67. The molecule has 3 aromatic carbocycles. The minimum absolute atomic E-state index is 0.105. The molecule has 1 saturated heterocycles. The van der Waals surface area contributed by atoms with Gasteiger partial charge < -0.3 is 9.64 Å². The molecule has 36 heavy (non-hydrogen) atoms. The van der Waals surface area contributed by atoms with E-state index in [4.69, 9.17) is 16.3 Å². The number of anilines is 1. The van der Waals surface area contributed by atoms with Gasteiger partial charge in [0.25, 0.3) is 11.8 Å². The first-order valence-corrected chi connectivity index (χ1v) is 11.6. The maximum Gasteiger partial charge on any atom is 0.338 e. The molecule has 184 valence electrons. The standard InChI is InChI=1S/C27H22ClFN2O5/c1-2-36-27(35)17-11-13-19(14-12-17)31-24(32)15-23(26(31)34)30(16-18-7-3-5-9-21(18)28)25(33)20-8-4-6-10-22(20)29/h3-14,23H,2,15-16H2,1H3. The number of imide groups is 1. The van der Waals surface area contributed by atoms with Crippen molar-refractivity contribution < 1.29 is 28.3 Å². The van der Waals surface area contributed by atoms with Crippen molar-refractivity contribution in [2.24, 2.45) is 0 Å². The van der Waals surface area contributed by atoms with Gasteiger partial charge in [0.2, 0.25) is 5.91 Å². The predicted octanol–water partition coefficient (Wildman–Crippen LogP) is 4.63. The van der Waals surface area contributed by atoms with Gasteiger partial charge in [0.15, 0.2) is 0 Å². The van der Waals surface area contributed by atoms with Crippen LogP contribution in [-0.2, 0) is 20.9 Å². The van der Waals surface area contributed by atoms with Crippen molar-refractivity contribution in [1.29, 1.82) is 0 Å². The molecule has 0 saturated carbocycles. The Morgan fingerprint density at radius 2 is 1.69 bits per heavy atom. The van der Waals surface area contributed by atoms with E-state index in [1.165, 1.54) is 47.4 Å². The summed E-state index contributed by atoms with van der Waals surface area (Å²) in [6, 6.07) is 16.9. The lowest BCUT2D eigenvalue weighted by Crippen LogP contribution is -2.45. The second-order valence-corrected chi connectivity index (χ2v) is 8.47. The number of hydrogen-bond donors (Lipinski definition) is 0. The minimum atomic E-state index is -1.18. The van der Waals surface area contributed by atoms with E-state index in [2.05, 4.69) is 0 Å². The third kappa shape index (κ3) is 4.99. The number of carbonyl (C=O) groups is 4. The first-order chi connectivity index (χ1) is 17.3. The van der Waals surface area contributed by atoms with Crippen molar-refractivity contribution in [3.63, 3.8) is 0 Å². The van der Waals surface area contributed by atoms with E-state index >= 15 is 0 Å². The molecular weight excluding hydrogens is 487 g/mol. The van der Waals surface area contributed by atoms with Crippen molar-refractivity contribution in [1.82, 2.24) is 4.90 Å². The van der Waals surface area contributed by atoms with E-state index in [0.717, 1.165) is 11.0 Å². The Morgan fingerprint density at radius 3 is 2.36 bits per heavy atom. The highest BCUT2D eigenvalue weighted by atomic mass is 35.5. The largest absolute Gasteiger partial charge is 0.462 e. The summed E-state index contributed by atoms with van der Waals surface area (Å²) < 4.78 is 19.5. The zero-order chi connectivity index (χ0) is 25.8. The van der Waals surface area contributed by atoms with Crippen LogP contribution < -0.4 is 4.90 Å². The van der Waals surface area contributed by atoms with Gasteiger partial charge in [0.05, 0.1) is 29.8 Å². The fourth-order valence-electron chi connectivity index (χ4n) is 4.01. The molecule has 1 fully saturated rings. The van der Waals surface area contributed by atoms with Gasteiger partial charge in [-0.2, -0.15) is 0 Å². The lowest BCUT2D eigenvalue weighted by atomic mass is 10.1. The Morgan fingerprint density at radius 1 is 1.03 bits per heavy atom. The average Bonchev–Trinajstić information content (AvgIpc) is 3.17. The van der Waals surface area contributed by atoms with Gasteiger partial charge in [-0.3, -0.25) is 14.4 Å². The third-order valence-electron chi connectivity index (χ3n) is 5.80. The van der Waals surface area contributed by atoms with E-state index in [1.54, 1.807) is 31.2 Å². The summed E-state index contributed by atoms with van der Waals surface area (Å²) in [6.45, 7) is 1.79. The van der Waals surface area contributed by atoms with Gasteiger partial charge in [-0.15, -0.1) is 0 Å². The lowest BCUT2D eigenvalue weighted by Gasteiger charge is -2.28. The molecule has 4 rings (SSSR count). The summed E-state index contributed by atoms with van der Waals surface area (Å²) in [4.78, 5) is 53.9. The number of benzene rings is 3. The molecule has 0 aliphatic carbocycles. The van der Waals surface area contributed by atoms with Crippen LogP contribution in [0.4, 0.5) is 10.1 Å². The summed E-state index contributed by atoms with van der Waals surface area (Å²) in [5, 5.41) is 0.368. The van der Waals surface area contributed by atoms with Crippen LogP contribution in [-0.4, -0.2) is 41.2 Å².